The molecule has 0 atom stereocenters. The van der Waals surface area contributed by atoms with Crippen molar-refractivity contribution in [3.63, 3.8) is 0 Å². The summed E-state index contributed by atoms with van der Waals surface area (Å²) in [5.41, 5.74) is 3.80. The minimum atomic E-state index is -0.318. The number of carbonyl (C=O) groups is 1. The summed E-state index contributed by atoms with van der Waals surface area (Å²) in [6, 6.07) is 8.75. The molecule has 0 radical (unpaired) electrons. The number of hydrogen-bond donors (Lipinski definition) is 1. The summed E-state index contributed by atoms with van der Waals surface area (Å²) in [6.07, 6.45) is 1.59. The standard InChI is InChI=1S/C12H9ClN2OS/c13-11-4-2-1-3-10(11)12(16)15-14-7-9-5-6-17-8-9/h1-8H,(H,15,16)/b14-7-. The zero-order chi connectivity index (χ0) is 12.1. The van der Waals surface area contributed by atoms with E-state index in [0.29, 0.717) is 10.6 Å². The van der Waals surface area contributed by atoms with Crippen molar-refractivity contribution in [2.75, 3.05) is 0 Å². The lowest BCUT2D eigenvalue weighted by atomic mass is 10.2. The predicted molar refractivity (Wildman–Crippen MR) is 70.8 cm³/mol. The van der Waals surface area contributed by atoms with Crippen molar-refractivity contribution in [1.82, 2.24) is 5.43 Å². The topological polar surface area (TPSA) is 41.5 Å². The van der Waals surface area contributed by atoms with Gasteiger partial charge in [0, 0.05) is 5.56 Å². The van der Waals surface area contributed by atoms with Crippen LogP contribution in [0, 0.1) is 0 Å². The number of nitrogens with one attached hydrogen (secondary N) is 1. The molecule has 0 aliphatic rings. The highest BCUT2D eigenvalue weighted by molar-refractivity contribution is 7.08. The van der Waals surface area contributed by atoms with E-state index in [0.717, 1.165) is 5.56 Å². The molecule has 2 rings (SSSR count). The highest BCUT2D eigenvalue weighted by Crippen LogP contribution is 2.14. The second-order valence-electron chi connectivity index (χ2n) is 3.24. The smallest absolute Gasteiger partial charge is 0.267 e. The number of halogens is 1. The van der Waals surface area contributed by atoms with Crippen LogP contribution in [0.4, 0.5) is 0 Å². The van der Waals surface area contributed by atoms with E-state index < -0.39 is 0 Å². The fraction of sp³-hybridized carbons (Fsp3) is 0. The van der Waals surface area contributed by atoms with Crippen LogP contribution < -0.4 is 5.43 Å². The Morgan fingerprint density at radius 3 is 2.88 bits per heavy atom. The molecule has 2 aromatic rings. The third-order valence-electron chi connectivity index (χ3n) is 2.04. The largest absolute Gasteiger partial charge is 0.272 e. The van der Waals surface area contributed by atoms with Crippen LogP contribution in [0.5, 0.6) is 0 Å². The molecule has 5 heteroatoms. The van der Waals surface area contributed by atoms with E-state index in [-0.39, 0.29) is 5.91 Å². The van der Waals surface area contributed by atoms with Gasteiger partial charge < -0.3 is 0 Å². The Morgan fingerprint density at radius 2 is 2.18 bits per heavy atom. The van der Waals surface area contributed by atoms with Crippen LogP contribution in [0.2, 0.25) is 5.02 Å². The molecular weight excluding hydrogens is 256 g/mol. The van der Waals surface area contributed by atoms with Crippen LogP contribution >= 0.6 is 22.9 Å². The Balaban J connectivity index is 2.01. The molecule has 0 aliphatic carbocycles. The Kier molecular flexibility index (Phi) is 3.90. The fourth-order valence-corrected chi connectivity index (χ4v) is 2.05. The molecular formula is C12H9ClN2OS. The van der Waals surface area contributed by atoms with Gasteiger partial charge in [-0.15, -0.1) is 0 Å². The average molecular weight is 265 g/mol. The van der Waals surface area contributed by atoms with Crippen molar-refractivity contribution in [3.8, 4) is 0 Å². The highest BCUT2D eigenvalue weighted by Gasteiger charge is 2.07. The van der Waals surface area contributed by atoms with Gasteiger partial charge in [-0.1, -0.05) is 23.7 Å². The molecule has 0 saturated heterocycles. The van der Waals surface area contributed by atoms with Crippen molar-refractivity contribution in [2.45, 2.75) is 0 Å². The fourth-order valence-electron chi connectivity index (χ4n) is 1.22. The van der Waals surface area contributed by atoms with Gasteiger partial charge in [-0.2, -0.15) is 16.4 Å². The van der Waals surface area contributed by atoms with E-state index in [4.69, 9.17) is 11.6 Å². The van der Waals surface area contributed by atoms with Gasteiger partial charge in [0.15, 0.2) is 0 Å². The van der Waals surface area contributed by atoms with Crippen LogP contribution in [-0.4, -0.2) is 12.1 Å². The van der Waals surface area contributed by atoms with Crippen LogP contribution in [0.1, 0.15) is 15.9 Å². The number of rotatable bonds is 3. The zero-order valence-electron chi connectivity index (χ0n) is 8.76. The van der Waals surface area contributed by atoms with Crippen LogP contribution in [-0.2, 0) is 0 Å². The molecule has 0 saturated carbocycles. The van der Waals surface area contributed by atoms with E-state index in [1.165, 1.54) is 0 Å². The number of amides is 1. The molecule has 1 heterocycles. The van der Waals surface area contributed by atoms with Crippen LogP contribution in [0.15, 0.2) is 46.2 Å². The predicted octanol–water partition coefficient (Wildman–Crippen LogP) is 3.17. The maximum atomic E-state index is 11.7. The molecule has 3 nitrogen and oxygen atoms in total. The Labute approximate surface area is 108 Å². The first kappa shape index (κ1) is 11.8. The summed E-state index contributed by atoms with van der Waals surface area (Å²) >= 11 is 7.46. The van der Waals surface area contributed by atoms with Gasteiger partial charge >= 0.3 is 0 Å². The first-order valence-electron chi connectivity index (χ1n) is 4.87. The van der Waals surface area contributed by atoms with Gasteiger partial charge in [0.05, 0.1) is 16.8 Å². The quantitative estimate of drug-likeness (QED) is 0.671. The molecule has 86 valence electrons. The van der Waals surface area contributed by atoms with Gasteiger partial charge in [0.25, 0.3) is 5.91 Å². The van der Waals surface area contributed by atoms with E-state index >= 15 is 0 Å². The normalized spacial score (nSPS) is 10.6. The molecule has 1 aromatic heterocycles. The zero-order valence-corrected chi connectivity index (χ0v) is 10.3. The lowest BCUT2D eigenvalue weighted by Gasteiger charge is -2.01. The van der Waals surface area contributed by atoms with E-state index in [9.17, 15) is 4.79 Å². The summed E-state index contributed by atoms with van der Waals surface area (Å²) < 4.78 is 0. The van der Waals surface area contributed by atoms with Crippen molar-refractivity contribution >= 4 is 35.1 Å². The molecule has 17 heavy (non-hydrogen) atoms. The number of thiophene rings is 1. The number of hydrogen-bond acceptors (Lipinski definition) is 3. The SMILES string of the molecule is O=C(N/N=C\c1ccsc1)c1ccccc1Cl. The average Bonchev–Trinajstić information content (AvgIpc) is 2.82. The van der Waals surface area contributed by atoms with E-state index in [1.807, 2.05) is 16.8 Å². The van der Waals surface area contributed by atoms with E-state index in [1.54, 1.807) is 41.8 Å². The minimum absolute atomic E-state index is 0.318. The number of hydrazone groups is 1. The number of carbonyl (C=O) groups excluding carboxylic acids is 1. The molecule has 1 aromatic carbocycles. The van der Waals surface area contributed by atoms with Crippen molar-refractivity contribution < 1.29 is 4.79 Å². The molecule has 1 N–H and O–H groups in total. The maximum Gasteiger partial charge on any atom is 0.272 e. The number of nitrogens with zero attached hydrogens (tertiary/aromatic N) is 1. The summed E-state index contributed by atoms with van der Waals surface area (Å²) in [5.74, 6) is -0.318. The Bertz CT molecular complexity index is 537. The third-order valence-corrected chi connectivity index (χ3v) is 3.07. The Hall–Kier alpha value is -1.65. The van der Waals surface area contributed by atoms with Crippen molar-refractivity contribution in [3.05, 3.63) is 57.2 Å². The van der Waals surface area contributed by atoms with Crippen molar-refractivity contribution in [2.24, 2.45) is 5.10 Å². The van der Waals surface area contributed by atoms with E-state index in [2.05, 4.69) is 10.5 Å². The summed E-state index contributed by atoms with van der Waals surface area (Å²) in [7, 11) is 0. The molecule has 0 fully saturated rings. The maximum absolute atomic E-state index is 11.7. The molecule has 0 unspecified atom stereocenters. The summed E-state index contributed by atoms with van der Waals surface area (Å²) in [6.45, 7) is 0. The first-order valence-corrected chi connectivity index (χ1v) is 6.19. The summed E-state index contributed by atoms with van der Waals surface area (Å²) in [4.78, 5) is 11.7. The van der Waals surface area contributed by atoms with Crippen molar-refractivity contribution in [1.29, 1.82) is 0 Å². The van der Waals surface area contributed by atoms with Gasteiger partial charge in [-0.3, -0.25) is 4.79 Å². The second-order valence-corrected chi connectivity index (χ2v) is 4.42. The minimum Gasteiger partial charge on any atom is -0.267 e. The molecule has 0 bridgehead atoms. The van der Waals surface area contributed by atoms with Gasteiger partial charge in [-0.05, 0) is 29.0 Å². The van der Waals surface area contributed by atoms with Gasteiger partial charge in [-0.25, -0.2) is 5.43 Å². The number of benzene rings is 1. The van der Waals surface area contributed by atoms with Crippen LogP contribution in [0.25, 0.3) is 0 Å². The summed E-state index contributed by atoms with van der Waals surface area (Å²) in [5, 5.41) is 8.14. The molecule has 1 amide bonds. The lowest BCUT2D eigenvalue weighted by Crippen LogP contribution is -2.17. The highest BCUT2D eigenvalue weighted by atomic mass is 35.5. The first-order chi connectivity index (χ1) is 8.27. The Morgan fingerprint density at radius 1 is 1.35 bits per heavy atom. The monoisotopic (exact) mass is 264 g/mol. The third kappa shape index (κ3) is 3.15. The second kappa shape index (κ2) is 5.61. The van der Waals surface area contributed by atoms with Crippen LogP contribution in [0.3, 0.4) is 0 Å². The lowest BCUT2D eigenvalue weighted by molar-refractivity contribution is 0.0955. The molecule has 0 aliphatic heterocycles. The van der Waals surface area contributed by atoms with Gasteiger partial charge in [0.1, 0.15) is 0 Å². The van der Waals surface area contributed by atoms with Gasteiger partial charge in [0.2, 0.25) is 0 Å². The molecule has 0 spiro atoms.